The molecule has 0 bridgehead atoms. The van der Waals surface area contributed by atoms with Crippen molar-refractivity contribution in [3.8, 4) is 5.75 Å². The molecule has 0 aliphatic carbocycles. The number of methoxy groups -OCH3 is 1. The van der Waals surface area contributed by atoms with E-state index in [0.717, 1.165) is 21.1 Å². The molecule has 2 amide bonds. The summed E-state index contributed by atoms with van der Waals surface area (Å²) in [5, 5.41) is 5.36. The number of hydrogen-bond donors (Lipinski definition) is 2. The van der Waals surface area contributed by atoms with Crippen LogP contribution in [0.5, 0.6) is 5.75 Å². The third kappa shape index (κ3) is 5.37. The largest absolute Gasteiger partial charge is 0.495 e. The van der Waals surface area contributed by atoms with Crippen LogP contribution in [0.4, 0.5) is 11.4 Å². The van der Waals surface area contributed by atoms with Gasteiger partial charge in [-0.15, -0.1) is 0 Å². The molecule has 0 saturated heterocycles. The lowest BCUT2D eigenvalue weighted by atomic mass is 10.1. The van der Waals surface area contributed by atoms with E-state index >= 15 is 0 Å². The molecule has 0 radical (unpaired) electrons. The zero-order chi connectivity index (χ0) is 24.9. The molecular weight excluding hydrogens is 454 g/mol. The minimum absolute atomic E-state index is 0.0187. The summed E-state index contributed by atoms with van der Waals surface area (Å²) >= 11 is 0. The first-order valence-corrected chi connectivity index (χ1v) is 12.0. The van der Waals surface area contributed by atoms with Crippen LogP contribution in [-0.2, 0) is 14.8 Å². The van der Waals surface area contributed by atoms with Crippen LogP contribution in [0.3, 0.4) is 0 Å². The molecule has 8 nitrogen and oxygen atoms in total. The molecule has 0 aromatic heterocycles. The standard InChI is InChI=1S/C25H27N3O5S/c1-17-8-7-9-18(2)24(17)27-23(29)16-26-25(30)19-12-14-20(15-13-19)34(31,32)28(3)21-10-5-6-11-22(21)33-4/h5-15H,16H2,1-4H3,(H,26,30)(H,27,29). The average molecular weight is 482 g/mol. The van der Waals surface area contributed by atoms with Crippen LogP contribution in [0.2, 0.25) is 0 Å². The van der Waals surface area contributed by atoms with Crippen molar-refractivity contribution >= 4 is 33.2 Å². The second kappa shape index (κ2) is 10.4. The van der Waals surface area contributed by atoms with Gasteiger partial charge in [0.2, 0.25) is 5.91 Å². The highest BCUT2D eigenvalue weighted by Crippen LogP contribution is 2.30. The molecular formula is C25H27N3O5S. The zero-order valence-corrected chi connectivity index (χ0v) is 20.3. The maximum atomic E-state index is 13.0. The maximum absolute atomic E-state index is 13.0. The Morgan fingerprint density at radius 2 is 1.53 bits per heavy atom. The number of sulfonamides is 1. The molecule has 3 aromatic rings. The van der Waals surface area contributed by atoms with Crippen LogP contribution >= 0.6 is 0 Å². The molecule has 0 aliphatic rings. The van der Waals surface area contributed by atoms with E-state index in [-0.39, 0.29) is 22.9 Å². The molecule has 9 heteroatoms. The molecule has 0 unspecified atom stereocenters. The SMILES string of the molecule is COc1ccccc1N(C)S(=O)(=O)c1ccc(C(=O)NCC(=O)Nc2c(C)cccc2C)cc1. The number of ether oxygens (including phenoxy) is 1. The molecule has 0 spiro atoms. The lowest BCUT2D eigenvalue weighted by Gasteiger charge is -2.21. The fourth-order valence-corrected chi connectivity index (χ4v) is 4.62. The first kappa shape index (κ1) is 24.8. The Morgan fingerprint density at radius 3 is 2.15 bits per heavy atom. The van der Waals surface area contributed by atoms with Crippen LogP contribution < -0.4 is 19.7 Å². The molecule has 0 atom stereocenters. The van der Waals surface area contributed by atoms with Crippen LogP contribution in [0.15, 0.2) is 71.6 Å². The Morgan fingerprint density at radius 1 is 0.912 bits per heavy atom. The molecule has 2 N–H and O–H groups in total. The van der Waals surface area contributed by atoms with E-state index in [9.17, 15) is 18.0 Å². The quantitative estimate of drug-likeness (QED) is 0.512. The Hall–Kier alpha value is -3.85. The molecule has 3 rings (SSSR count). The van der Waals surface area contributed by atoms with Gasteiger partial charge in [0.25, 0.3) is 15.9 Å². The predicted octanol–water partition coefficient (Wildman–Crippen LogP) is 3.51. The van der Waals surface area contributed by atoms with Crippen molar-refractivity contribution in [2.24, 2.45) is 0 Å². The highest BCUT2D eigenvalue weighted by molar-refractivity contribution is 7.92. The van der Waals surface area contributed by atoms with E-state index in [2.05, 4.69) is 10.6 Å². The summed E-state index contributed by atoms with van der Waals surface area (Å²) in [4.78, 5) is 24.8. The zero-order valence-electron chi connectivity index (χ0n) is 19.5. The number of nitrogens with one attached hydrogen (secondary N) is 2. The van der Waals surface area contributed by atoms with E-state index in [0.29, 0.717) is 11.4 Å². The van der Waals surface area contributed by atoms with Crippen molar-refractivity contribution in [1.29, 1.82) is 0 Å². The fourth-order valence-electron chi connectivity index (χ4n) is 3.41. The Kier molecular flexibility index (Phi) is 7.57. The highest BCUT2D eigenvalue weighted by atomic mass is 32.2. The second-order valence-corrected chi connectivity index (χ2v) is 9.64. The van der Waals surface area contributed by atoms with Gasteiger partial charge in [0.05, 0.1) is 24.2 Å². The molecule has 3 aromatic carbocycles. The highest BCUT2D eigenvalue weighted by Gasteiger charge is 2.24. The van der Waals surface area contributed by atoms with Crippen molar-refractivity contribution in [1.82, 2.24) is 5.32 Å². The number of carbonyl (C=O) groups excluding carboxylic acids is 2. The Labute approximate surface area is 199 Å². The van der Waals surface area contributed by atoms with Crippen molar-refractivity contribution in [2.45, 2.75) is 18.7 Å². The number of aryl methyl sites for hydroxylation is 2. The summed E-state index contributed by atoms with van der Waals surface area (Å²) in [6, 6.07) is 18.0. The van der Waals surface area contributed by atoms with Gasteiger partial charge in [-0.25, -0.2) is 8.42 Å². The number of rotatable bonds is 8. The van der Waals surface area contributed by atoms with Crippen molar-refractivity contribution in [2.75, 3.05) is 30.3 Å². The number of anilines is 2. The second-order valence-electron chi connectivity index (χ2n) is 7.67. The van der Waals surface area contributed by atoms with Gasteiger partial charge in [0.15, 0.2) is 0 Å². The summed E-state index contributed by atoms with van der Waals surface area (Å²) in [7, 11) is -0.978. The molecule has 0 heterocycles. The lowest BCUT2D eigenvalue weighted by molar-refractivity contribution is -0.115. The predicted molar refractivity (Wildman–Crippen MR) is 132 cm³/mol. The van der Waals surface area contributed by atoms with E-state index in [1.165, 1.54) is 38.4 Å². The molecule has 0 saturated carbocycles. The number of para-hydroxylation sites is 3. The molecule has 34 heavy (non-hydrogen) atoms. The summed E-state index contributed by atoms with van der Waals surface area (Å²) in [6.45, 7) is 3.56. The molecule has 0 aliphatic heterocycles. The number of nitrogens with zero attached hydrogens (tertiary/aromatic N) is 1. The monoisotopic (exact) mass is 481 g/mol. The molecule has 178 valence electrons. The number of hydrogen-bond acceptors (Lipinski definition) is 5. The van der Waals surface area contributed by atoms with E-state index in [4.69, 9.17) is 4.74 Å². The van der Waals surface area contributed by atoms with Gasteiger partial charge < -0.3 is 15.4 Å². The Bertz CT molecular complexity index is 1280. The van der Waals surface area contributed by atoms with Gasteiger partial charge in [0.1, 0.15) is 5.75 Å². The van der Waals surface area contributed by atoms with Gasteiger partial charge in [-0.3, -0.25) is 13.9 Å². The van der Waals surface area contributed by atoms with Crippen molar-refractivity contribution in [3.63, 3.8) is 0 Å². The summed E-state index contributed by atoms with van der Waals surface area (Å²) in [5.74, 6) is -0.425. The average Bonchev–Trinajstić information content (AvgIpc) is 2.84. The Balaban J connectivity index is 1.66. The minimum atomic E-state index is -3.88. The van der Waals surface area contributed by atoms with Gasteiger partial charge in [-0.1, -0.05) is 30.3 Å². The summed E-state index contributed by atoms with van der Waals surface area (Å²) < 4.78 is 32.5. The lowest BCUT2D eigenvalue weighted by Crippen LogP contribution is -2.33. The van der Waals surface area contributed by atoms with Gasteiger partial charge >= 0.3 is 0 Å². The van der Waals surface area contributed by atoms with Crippen LogP contribution in [0.1, 0.15) is 21.5 Å². The van der Waals surface area contributed by atoms with Gasteiger partial charge in [0, 0.05) is 18.3 Å². The third-order valence-corrected chi connectivity index (χ3v) is 7.14. The first-order valence-electron chi connectivity index (χ1n) is 10.5. The van der Waals surface area contributed by atoms with Crippen LogP contribution in [0, 0.1) is 13.8 Å². The first-order chi connectivity index (χ1) is 16.1. The smallest absolute Gasteiger partial charge is 0.264 e. The third-order valence-electron chi connectivity index (χ3n) is 5.35. The van der Waals surface area contributed by atoms with Crippen LogP contribution in [0.25, 0.3) is 0 Å². The fraction of sp³-hybridized carbons (Fsp3) is 0.200. The van der Waals surface area contributed by atoms with Gasteiger partial charge in [-0.2, -0.15) is 0 Å². The van der Waals surface area contributed by atoms with E-state index in [1.807, 2.05) is 32.0 Å². The summed E-state index contributed by atoms with van der Waals surface area (Å²) in [6.07, 6.45) is 0. The van der Waals surface area contributed by atoms with Crippen molar-refractivity contribution < 1.29 is 22.7 Å². The summed E-state index contributed by atoms with van der Waals surface area (Å²) in [5.41, 5.74) is 3.19. The molecule has 0 fully saturated rings. The van der Waals surface area contributed by atoms with Crippen molar-refractivity contribution in [3.05, 3.63) is 83.4 Å². The van der Waals surface area contributed by atoms with Gasteiger partial charge in [-0.05, 0) is 61.4 Å². The number of amides is 2. The number of carbonyl (C=O) groups is 2. The topological polar surface area (TPSA) is 105 Å². The normalized spacial score (nSPS) is 10.9. The van der Waals surface area contributed by atoms with E-state index in [1.54, 1.807) is 24.3 Å². The minimum Gasteiger partial charge on any atom is -0.495 e. The van der Waals surface area contributed by atoms with E-state index < -0.39 is 15.9 Å². The van der Waals surface area contributed by atoms with Crippen LogP contribution in [-0.4, -0.2) is 40.9 Å². The maximum Gasteiger partial charge on any atom is 0.264 e. The number of benzene rings is 3.